The number of amides is 1. The van der Waals surface area contributed by atoms with Crippen LogP contribution in [-0.2, 0) is 6.54 Å². The number of nitrogens with two attached hydrogens (primary N) is 2. The van der Waals surface area contributed by atoms with E-state index in [1.807, 2.05) is 6.07 Å². The summed E-state index contributed by atoms with van der Waals surface area (Å²) >= 11 is 0. The maximum atomic E-state index is 11.1. The minimum Gasteiger partial charge on any atom is -0.398 e. The number of piperidine rings is 1. The van der Waals surface area contributed by atoms with Crippen LogP contribution in [0.1, 0.15) is 35.2 Å². The Labute approximate surface area is 107 Å². The van der Waals surface area contributed by atoms with Crippen LogP contribution in [0.3, 0.4) is 0 Å². The van der Waals surface area contributed by atoms with Gasteiger partial charge in [-0.15, -0.1) is 0 Å². The standard InChI is InChI=1S/C14H19N3O/c15-13-6-10(14(16)18)2-3-11(13)8-17-7-9-1-4-12(17)5-9/h2-3,6,9,12H,1,4-5,7-8,15H2,(H2,16,18). The molecule has 0 radical (unpaired) electrons. The van der Waals surface area contributed by atoms with E-state index in [2.05, 4.69) is 4.90 Å². The van der Waals surface area contributed by atoms with Crippen molar-refractivity contribution in [3.8, 4) is 0 Å². The lowest BCUT2D eigenvalue weighted by atomic mass is 10.1. The van der Waals surface area contributed by atoms with Crippen molar-refractivity contribution in [2.24, 2.45) is 11.7 Å². The van der Waals surface area contributed by atoms with Gasteiger partial charge in [-0.05, 0) is 42.9 Å². The summed E-state index contributed by atoms with van der Waals surface area (Å²) in [6.45, 7) is 2.09. The number of rotatable bonds is 3. The average molecular weight is 245 g/mol. The third kappa shape index (κ3) is 1.97. The molecule has 4 nitrogen and oxygen atoms in total. The van der Waals surface area contributed by atoms with E-state index in [0.717, 1.165) is 24.1 Å². The molecule has 0 spiro atoms. The molecule has 1 amide bonds. The molecule has 2 fully saturated rings. The van der Waals surface area contributed by atoms with E-state index in [1.54, 1.807) is 12.1 Å². The molecule has 1 saturated carbocycles. The van der Waals surface area contributed by atoms with Crippen LogP contribution in [-0.4, -0.2) is 23.4 Å². The Kier molecular flexibility index (Phi) is 2.74. The van der Waals surface area contributed by atoms with Crippen molar-refractivity contribution in [1.29, 1.82) is 0 Å². The first-order valence-electron chi connectivity index (χ1n) is 6.55. The summed E-state index contributed by atoms with van der Waals surface area (Å²) < 4.78 is 0. The zero-order valence-corrected chi connectivity index (χ0v) is 10.4. The summed E-state index contributed by atoms with van der Waals surface area (Å²) in [4.78, 5) is 13.6. The van der Waals surface area contributed by atoms with Gasteiger partial charge in [0.05, 0.1) is 0 Å². The van der Waals surface area contributed by atoms with Gasteiger partial charge in [-0.3, -0.25) is 9.69 Å². The maximum Gasteiger partial charge on any atom is 0.248 e. The number of carbonyl (C=O) groups excluding carboxylic acids is 1. The largest absolute Gasteiger partial charge is 0.398 e. The molecule has 1 saturated heterocycles. The van der Waals surface area contributed by atoms with Gasteiger partial charge in [0.1, 0.15) is 0 Å². The Morgan fingerprint density at radius 1 is 1.39 bits per heavy atom. The number of likely N-dealkylation sites (tertiary alicyclic amines) is 1. The Balaban J connectivity index is 1.75. The van der Waals surface area contributed by atoms with Gasteiger partial charge in [-0.1, -0.05) is 6.07 Å². The van der Waals surface area contributed by atoms with Gasteiger partial charge in [0.15, 0.2) is 0 Å². The van der Waals surface area contributed by atoms with Gasteiger partial charge >= 0.3 is 0 Å². The van der Waals surface area contributed by atoms with E-state index in [-0.39, 0.29) is 0 Å². The summed E-state index contributed by atoms with van der Waals surface area (Å²) in [6, 6.07) is 6.13. The molecule has 1 heterocycles. The molecule has 0 aromatic heterocycles. The van der Waals surface area contributed by atoms with Gasteiger partial charge in [-0.2, -0.15) is 0 Å². The van der Waals surface area contributed by atoms with Crippen LogP contribution in [0.15, 0.2) is 18.2 Å². The van der Waals surface area contributed by atoms with Gasteiger partial charge in [-0.25, -0.2) is 0 Å². The number of carbonyl (C=O) groups is 1. The lowest BCUT2D eigenvalue weighted by Crippen LogP contribution is -2.31. The Hall–Kier alpha value is -1.55. The Morgan fingerprint density at radius 3 is 2.78 bits per heavy atom. The molecule has 2 unspecified atom stereocenters. The average Bonchev–Trinajstić information content (AvgIpc) is 2.93. The van der Waals surface area contributed by atoms with Crippen molar-refractivity contribution < 1.29 is 4.79 Å². The van der Waals surface area contributed by atoms with Crippen LogP contribution in [0.4, 0.5) is 5.69 Å². The molecule has 96 valence electrons. The van der Waals surface area contributed by atoms with Crippen molar-refractivity contribution >= 4 is 11.6 Å². The van der Waals surface area contributed by atoms with Gasteiger partial charge < -0.3 is 11.5 Å². The number of hydrogen-bond acceptors (Lipinski definition) is 3. The van der Waals surface area contributed by atoms with Crippen LogP contribution in [0.25, 0.3) is 0 Å². The number of nitrogen functional groups attached to an aromatic ring is 1. The second kappa shape index (κ2) is 4.28. The van der Waals surface area contributed by atoms with E-state index in [0.29, 0.717) is 11.3 Å². The van der Waals surface area contributed by atoms with Crippen LogP contribution >= 0.6 is 0 Å². The number of nitrogens with zero attached hydrogens (tertiary/aromatic N) is 1. The summed E-state index contributed by atoms with van der Waals surface area (Å²) in [5.74, 6) is 0.467. The van der Waals surface area contributed by atoms with Gasteiger partial charge in [0.2, 0.25) is 5.91 Å². The molecule has 4 N–H and O–H groups in total. The predicted octanol–water partition coefficient (Wildman–Crippen LogP) is 1.35. The number of hydrogen-bond donors (Lipinski definition) is 2. The topological polar surface area (TPSA) is 72.4 Å². The van der Waals surface area contributed by atoms with E-state index in [4.69, 9.17) is 11.5 Å². The zero-order chi connectivity index (χ0) is 12.7. The fourth-order valence-corrected chi connectivity index (χ4v) is 3.33. The molecule has 2 atom stereocenters. The number of anilines is 1. The monoisotopic (exact) mass is 245 g/mol. The van der Waals surface area contributed by atoms with Crippen molar-refractivity contribution in [3.05, 3.63) is 29.3 Å². The number of benzene rings is 1. The number of primary amides is 1. The van der Waals surface area contributed by atoms with E-state index in [9.17, 15) is 4.79 Å². The van der Waals surface area contributed by atoms with Crippen molar-refractivity contribution in [1.82, 2.24) is 4.90 Å². The highest BCUT2D eigenvalue weighted by Crippen LogP contribution is 2.38. The van der Waals surface area contributed by atoms with Crippen molar-refractivity contribution in [3.63, 3.8) is 0 Å². The molecule has 1 aromatic carbocycles. The van der Waals surface area contributed by atoms with Crippen LogP contribution in [0.2, 0.25) is 0 Å². The van der Waals surface area contributed by atoms with Crippen molar-refractivity contribution in [2.45, 2.75) is 31.8 Å². The maximum absolute atomic E-state index is 11.1. The second-order valence-corrected chi connectivity index (χ2v) is 5.54. The third-order valence-electron chi connectivity index (χ3n) is 4.33. The Bertz CT molecular complexity index is 486. The first-order chi connectivity index (χ1) is 8.63. The first kappa shape index (κ1) is 11.5. The molecule has 18 heavy (non-hydrogen) atoms. The number of fused-ring (bicyclic) bond motifs is 2. The quantitative estimate of drug-likeness (QED) is 0.790. The Morgan fingerprint density at radius 2 is 2.22 bits per heavy atom. The van der Waals surface area contributed by atoms with Crippen molar-refractivity contribution in [2.75, 3.05) is 12.3 Å². The smallest absolute Gasteiger partial charge is 0.248 e. The minimum atomic E-state index is -0.423. The summed E-state index contributed by atoms with van der Waals surface area (Å²) in [6.07, 6.45) is 4.06. The summed E-state index contributed by atoms with van der Waals surface area (Å²) in [5.41, 5.74) is 13.5. The van der Waals surface area contributed by atoms with Crippen LogP contribution in [0.5, 0.6) is 0 Å². The normalized spacial score (nSPS) is 26.7. The highest BCUT2D eigenvalue weighted by atomic mass is 16.1. The van der Waals surface area contributed by atoms with Crippen LogP contribution in [0, 0.1) is 5.92 Å². The molecule has 1 aliphatic carbocycles. The highest BCUT2D eigenvalue weighted by molar-refractivity contribution is 5.93. The fourth-order valence-electron chi connectivity index (χ4n) is 3.33. The van der Waals surface area contributed by atoms with E-state index >= 15 is 0 Å². The molecule has 2 bridgehead atoms. The molecule has 1 aliphatic heterocycles. The lowest BCUT2D eigenvalue weighted by Gasteiger charge is -2.27. The molecule has 3 rings (SSSR count). The third-order valence-corrected chi connectivity index (χ3v) is 4.33. The fraction of sp³-hybridized carbons (Fsp3) is 0.500. The molecule has 2 aliphatic rings. The van der Waals surface area contributed by atoms with Crippen LogP contribution < -0.4 is 11.5 Å². The lowest BCUT2D eigenvalue weighted by molar-refractivity contribution is 0.100. The molecule has 4 heteroatoms. The van der Waals surface area contributed by atoms with Gasteiger partial charge in [0.25, 0.3) is 0 Å². The van der Waals surface area contributed by atoms with E-state index < -0.39 is 5.91 Å². The van der Waals surface area contributed by atoms with Gasteiger partial charge in [0, 0.05) is 30.4 Å². The summed E-state index contributed by atoms with van der Waals surface area (Å²) in [5, 5.41) is 0. The molecular weight excluding hydrogens is 226 g/mol. The van der Waals surface area contributed by atoms with E-state index in [1.165, 1.54) is 25.8 Å². The second-order valence-electron chi connectivity index (χ2n) is 5.54. The first-order valence-corrected chi connectivity index (χ1v) is 6.55. The minimum absolute atomic E-state index is 0.423. The molecule has 1 aromatic rings. The predicted molar refractivity (Wildman–Crippen MR) is 70.9 cm³/mol. The highest BCUT2D eigenvalue weighted by Gasteiger charge is 2.37. The molecular formula is C14H19N3O. The SMILES string of the molecule is NC(=O)c1ccc(CN2CC3CCC2C3)c(N)c1. The summed E-state index contributed by atoms with van der Waals surface area (Å²) in [7, 11) is 0. The zero-order valence-electron chi connectivity index (χ0n) is 10.4.